The van der Waals surface area contributed by atoms with Gasteiger partial charge in [0.05, 0.1) is 0 Å². The van der Waals surface area contributed by atoms with Crippen molar-refractivity contribution in [3.8, 4) is 11.1 Å². The second-order valence-corrected chi connectivity index (χ2v) is 20.9. The summed E-state index contributed by atoms with van der Waals surface area (Å²) in [5.41, 5.74) is 17.9. The highest BCUT2D eigenvalue weighted by atomic mass is 14.4. The van der Waals surface area contributed by atoms with Crippen molar-refractivity contribution in [2.75, 3.05) is 0 Å². The van der Waals surface area contributed by atoms with E-state index in [0.717, 1.165) is 0 Å². The first-order valence-corrected chi connectivity index (χ1v) is 19.6. The van der Waals surface area contributed by atoms with Gasteiger partial charge in [0.1, 0.15) is 0 Å². The Bertz CT molecular complexity index is 2150. The van der Waals surface area contributed by atoms with Gasteiger partial charge in [-0.05, 0) is 122 Å². The Morgan fingerprint density at radius 1 is 0.481 bits per heavy atom. The van der Waals surface area contributed by atoms with E-state index in [4.69, 9.17) is 0 Å². The lowest BCUT2D eigenvalue weighted by molar-refractivity contribution is 0.516. The molecule has 0 saturated carbocycles. The maximum atomic E-state index is 2.56. The Morgan fingerprint density at radius 3 is 1.38 bits per heavy atom. The van der Waals surface area contributed by atoms with Crippen LogP contribution >= 0.6 is 0 Å². The zero-order valence-corrected chi connectivity index (χ0v) is 35.2. The fraction of sp³-hybridized carbons (Fsp3) is 0.423. The standard InChI is InChI=1S/C52H64/c1-32-27-39(51(11,12)13)30-41(32)46-43-29-35-28-38(50(8,9)10)25-26-40(35)42(43)31-44(47(46)52(14,15)16)45(33-17-21-36(22-18-33)48(2,3)4)34-19-23-37(24-20-34)49(5,6)7/h17-32H,1-16H3. The lowest BCUT2D eigenvalue weighted by atomic mass is 9.75. The number of hydrogen-bond acceptors (Lipinski definition) is 0. The van der Waals surface area contributed by atoms with Crippen LogP contribution in [-0.2, 0) is 21.7 Å². The molecule has 0 saturated heterocycles. The van der Waals surface area contributed by atoms with Crippen LogP contribution in [0.1, 0.15) is 155 Å². The number of rotatable bonds is 3. The van der Waals surface area contributed by atoms with Crippen LogP contribution in [-0.4, -0.2) is 0 Å². The summed E-state index contributed by atoms with van der Waals surface area (Å²) in [5.74, 6) is 0.317. The van der Waals surface area contributed by atoms with Crippen LogP contribution in [0.3, 0.4) is 0 Å². The lowest BCUT2D eigenvalue weighted by Crippen LogP contribution is -2.33. The zero-order valence-electron chi connectivity index (χ0n) is 35.2. The van der Waals surface area contributed by atoms with Gasteiger partial charge in [0.2, 0.25) is 0 Å². The smallest absolute Gasteiger partial charge is 0.000195 e. The second kappa shape index (κ2) is 12.6. The van der Waals surface area contributed by atoms with Crippen LogP contribution in [0.15, 0.2) is 90.5 Å². The molecule has 0 heteroatoms. The first-order valence-electron chi connectivity index (χ1n) is 19.6. The topological polar surface area (TPSA) is 0 Å². The van der Waals surface area contributed by atoms with Crippen molar-refractivity contribution in [1.29, 1.82) is 0 Å². The van der Waals surface area contributed by atoms with Gasteiger partial charge < -0.3 is 0 Å². The van der Waals surface area contributed by atoms with E-state index in [1.54, 1.807) is 0 Å². The Labute approximate surface area is 316 Å². The average molecular weight is 689 g/mol. The highest BCUT2D eigenvalue weighted by Gasteiger charge is 2.33. The first-order chi connectivity index (χ1) is 23.9. The summed E-state index contributed by atoms with van der Waals surface area (Å²) in [4.78, 5) is 0. The van der Waals surface area contributed by atoms with Gasteiger partial charge >= 0.3 is 0 Å². The third-order valence-electron chi connectivity index (χ3n) is 11.4. The van der Waals surface area contributed by atoms with Gasteiger partial charge in [-0.15, -0.1) is 0 Å². The highest BCUT2D eigenvalue weighted by Crippen LogP contribution is 2.43. The van der Waals surface area contributed by atoms with Crippen molar-refractivity contribution >= 4 is 17.2 Å². The van der Waals surface area contributed by atoms with Crippen LogP contribution in [0.2, 0.25) is 0 Å². The van der Waals surface area contributed by atoms with Crippen molar-refractivity contribution in [1.82, 2.24) is 0 Å². The molecular weight excluding hydrogens is 625 g/mol. The summed E-state index contributed by atoms with van der Waals surface area (Å²) in [6, 6.07) is 28.6. The minimum absolute atomic E-state index is 0.0772. The molecule has 0 nitrogen and oxygen atoms in total. The molecule has 0 amide bonds. The minimum Gasteiger partial charge on any atom is -0.0735 e. The number of hydrogen-bond donors (Lipinski definition) is 0. The summed E-state index contributed by atoms with van der Waals surface area (Å²) in [6.45, 7) is 37.5. The monoisotopic (exact) mass is 689 g/mol. The molecule has 2 aliphatic carbocycles. The van der Waals surface area contributed by atoms with Crippen LogP contribution in [0.5, 0.6) is 0 Å². The van der Waals surface area contributed by atoms with E-state index in [1.165, 1.54) is 82.8 Å². The molecule has 1 atom stereocenters. The molecule has 0 aromatic heterocycles. The van der Waals surface area contributed by atoms with Gasteiger partial charge in [-0.1, -0.05) is 190 Å². The van der Waals surface area contributed by atoms with E-state index in [2.05, 4.69) is 202 Å². The van der Waals surface area contributed by atoms with Gasteiger partial charge in [-0.3, -0.25) is 0 Å². The Hall–Kier alpha value is -3.90. The predicted molar refractivity (Wildman–Crippen MR) is 229 cm³/mol. The summed E-state index contributed by atoms with van der Waals surface area (Å²) < 4.78 is 0. The van der Waals surface area contributed by atoms with E-state index < -0.39 is 0 Å². The molecule has 0 fully saturated rings. The van der Waals surface area contributed by atoms with Crippen molar-refractivity contribution < 1.29 is 0 Å². The Morgan fingerprint density at radius 2 is 0.962 bits per heavy atom. The molecule has 0 bridgehead atoms. The molecule has 0 radical (unpaired) electrons. The molecular formula is C52H64. The van der Waals surface area contributed by atoms with Gasteiger partial charge in [-0.2, -0.15) is 0 Å². The number of allylic oxidation sites excluding steroid dienone is 4. The Balaban J connectivity index is 1.82. The van der Waals surface area contributed by atoms with Crippen LogP contribution in [0.4, 0.5) is 0 Å². The summed E-state index contributed by atoms with van der Waals surface area (Å²) in [5, 5.41) is 2.72. The minimum atomic E-state index is -0.133. The third kappa shape index (κ3) is 7.08. The lowest BCUT2D eigenvalue weighted by Gasteiger charge is -2.29. The quantitative estimate of drug-likeness (QED) is 0.177. The largest absolute Gasteiger partial charge is 0.0735 e. The van der Waals surface area contributed by atoms with E-state index in [1.807, 2.05) is 0 Å². The van der Waals surface area contributed by atoms with Gasteiger partial charge in [0, 0.05) is 5.92 Å². The van der Waals surface area contributed by atoms with E-state index in [0.29, 0.717) is 5.92 Å². The molecule has 4 aromatic rings. The van der Waals surface area contributed by atoms with E-state index in [9.17, 15) is 0 Å². The van der Waals surface area contributed by atoms with Crippen molar-refractivity contribution in [3.63, 3.8) is 0 Å². The maximum Gasteiger partial charge on any atom is 0.000195 e. The third-order valence-corrected chi connectivity index (χ3v) is 11.4. The van der Waals surface area contributed by atoms with Crippen LogP contribution in [0.25, 0.3) is 28.3 Å². The summed E-state index contributed by atoms with van der Waals surface area (Å²) >= 11 is 0. The summed E-state index contributed by atoms with van der Waals surface area (Å²) in [6.07, 6.45) is 7.56. The van der Waals surface area contributed by atoms with Crippen LogP contribution < -0.4 is 10.4 Å². The first kappa shape index (κ1) is 37.8. The van der Waals surface area contributed by atoms with Crippen molar-refractivity contribution in [2.45, 2.75) is 132 Å². The molecule has 1 unspecified atom stereocenters. The maximum absolute atomic E-state index is 2.56. The average Bonchev–Trinajstić information content (AvgIpc) is 3.59. The zero-order chi connectivity index (χ0) is 38.3. The van der Waals surface area contributed by atoms with Gasteiger partial charge in [-0.25, -0.2) is 0 Å². The molecule has 4 aromatic carbocycles. The van der Waals surface area contributed by atoms with E-state index >= 15 is 0 Å². The fourth-order valence-corrected chi connectivity index (χ4v) is 8.12. The second-order valence-electron chi connectivity index (χ2n) is 20.9. The molecule has 6 rings (SSSR count). The number of benzene rings is 4. The predicted octanol–water partition coefficient (Wildman–Crippen LogP) is 12.9. The molecule has 272 valence electrons. The molecule has 0 spiro atoms. The van der Waals surface area contributed by atoms with Gasteiger partial charge in [0.15, 0.2) is 0 Å². The van der Waals surface area contributed by atoms with Crippen molar-refractivity contribution in [2.24, 2.45) is 11.3 Å². The molecule has 0 heterocycles. The fourth-order valence-electron chi connectivity index (χ4n) is 8.12. The Kier molecular flexibility index (Phi) is 9.18. The van der Waals surface area contributed by atoms with Crippen molar-refractivity contribution in [3.05, 3.63) is 145 Å². The molecule has 0 aliphatic heterocycles. The molecule has 2 aliphatic rings. The summed E-state index contributed by atoms with van der Waals surface area (Å²) in [7, 11) is 0. The molecule has 0 N–H and O–H groups in total. The van der Waals surface area contributed by atoms with Gasteiger partial charge in [0.25, 0.3) is 0 Å². The van der Waals surface area contributed by atoms with Crippen LogP contribution in [0, 0.1) is 11.3 Å². The number of fused-ring (bicyclic) bond motifs is 3. The van der Waals surface area contributed by atoms with E-state index in [-0.39, 0.29) is 27.1 Å². The molecule has 52 heavy (non-hydrogen) atoms. The normalized spacial score (nSPS) is 16.3. The SMILES string of the molecule is CC1C=C(C(C)(C)C)C=C1c1c(C(C)(C)C)c(=C(c2ccc(C(C)(C)C)cc2)c2ccc(C(C)(C)C)cc2)cc2c1=Cc1cc(C(C)(C)C)ccc1-2. The highest BCUT2D eigenvalue weighted by molar-refractivity contribution is 5.92.